The Hall–Kier alpha value is -2.32. The van der Waals surface area contributed by atoms with E-state index in [4.69, 9.17) is 9.47 Å². The second-order valence-electron chi connectivity index (χ2n) is 7.89. The van der Waals surface area contributed by atoms with E-state index in [1.807, 2.05) is 30.0 Å². The lowest BCUT2D eigenvalue weighted by atomic mass is 10.2. The zero-order chi connectivity index (χ0) is 21.7. The molecule has 1 unspecified atom stereocenters. The number of rotatable bonds is 10. The summed E-state index contributed by atoms with van der Waals surface area (Å²) in [4.78, 5) is 21.3. The molecule has 1 atom stereocenters. The Kier molecular flexibility index (Phi) is 9.92. The van der Waals surface area contributed by atoms with Crippen LogP contribution in [0, 0.1) is 0 Å². The molecule has 0 bridgehead atoms. The number of benzene rings is 1. The summed E-state index contributed by atoms with van der Waals surface area (Å²) in [6, 6.07) is 10.4. The Bertz CT molecular complexity index is 671. The molecule has 8 heteroatoms. The van der Waals surface area contributed by atoms with Crippen molar-refractivity contribution in [3.8, 4) is 0 Å². The van der Waals surface area contributed by atoms with Crippen molar-refractivity contribution >= 4 is 17.6 Å². The summed E-state index contributed by atoms with van der Waals surface area (Å²) in [6.07, 6.45) is 3.39. The van der Waals surface area contributed by atoms with Crippen LogP contribution in [-0.4, -0.2) is 88.5 Å². The molecule has 2 N–H and O–H groups in total. The number of amides is 1. The molecule has 3 rings (SSSR count). The van der Waals surface area contributed by atoms with Gasteiger partial charge in [-0.1, -0.05) is 18.2 Å². The fourth-order valence-corrected chi connectivity index (χ4v) is 3.81. The number of nitrogens with one attached hydrogen (secondary N) is 2. The summed E-state index contributed by atoms with van der Waals surface area (Å²) < 4.78 is 11.2. The van der Waals surface area contributed by atoms with Crippen LogP contribution in [0.4, 0.5) is 5.69 Å². The maximum atomic E-state index is 12.6. The summed E-state index contributed by atoms with van der Waals surface area (Å²) in [5.74, 6) is 0.753. The third-order valence-corrected chi connectivity index (χ3v) is 5.56. The van der Waals surface area contributed by atoms with Crippen LogP contribution in [-0.2, 0) is 14.3 Å². The van der Waals surface area contributed by atoms with Gasteiger partial charge in [0.1, 0.15) is 6.54 Å². The zero-order valence-corrected chi connectivity index (χ0v) is 18.7. The van der Waals surface area contributed by atoms with Gasteiger partial charge in [-0.2, -0.15) is 0 Å². The first-order valence-electron chi connectivity index (χ1n) is 11.6. The average Bonchev–Trinajstić information content (AvgIpc) is 3.33. The fourth-order valence-electron chi connectivity index (χ4n) is 3.81. The molecule has 2 aliphatic rings. The number of aliphatic imine (C=N–C) groups is 1. The molecule has 8 nitrogen and oxygen atoms in total. The Labute approximate surface area is 186 Å². The molecule has 0 radical (unpaired) electrons. The van der Waals surface area contributed by atoms with Gasteiger partial charge in [0.05, 0.1) is 12.7 Å². The van der Waals surface area contributed by atoms with Crippen LogP contribution in [0.1, 0.15) is 26.2 Å². The van der Waals surface area contributed by atoms with Gasteiger partial charge in [0.15, 0.2) is 5.96 Å². The number of ether oxygens (including phenoxy) is 2. The van der Waals surface area contributed by atoms with Crippen LogP contribution in [0.15, 0.2) is 35.3 Å². The van der Waals surface area contributed by atoms with Crippen LogP contribution in [0.3, 0.4) is 0 Å². The topological polar surface area (TPSA) is 78.4 Å². The SMILES string of the molecule is CCNC(=NCC(=O)N1CCN(c2ccccc2)CC1)NCCCOCC1CCCO1. The molecule has 1 aromatic carbocycles. The molecular formula is C23H37N5O3. The quantitative estimate of drug-likeness (QED) is 0.332. The number of anilines is 1. The minimum Gasteiger partial charge on any atom is -0.379 e. The molecule has 1 amide bonds. The first-order valence-corrected chi connectivity index (χ1v) is 11.6. The van der Waals surface area contributed by atoms with Crippen LogP contribution >= 0.6 is 0 Å². The van der Waals surface area contributed by atoms with Crippen LogP contribution in [0.2, 0.25) is 0 Å². The normalized spacial score (nSPS) is 19.5. The largest absolute Gasteiger partial charge is 0.379 e. The van der Waals surface area contributed by atoms with Gasteiger partial charge < -0.3 is 29.9 Å². The minimum absolute atomic E-state index is 0.0739. The molecule has 0 aromatic heterocycles. The molecule has 0 aliphatic carbocycles. The van der Waals surface area contributed by atoms with Gasteiger partial charge >= 0.3 is 0 Å². The molecule has 1 aromatic rings. The van der Waals surface area contributed by atoms with Gasteiger partial charge in [0.2, 0.25) is 5.91 Å². The highest BCUT2D eigenvalue weighted by Crippen LogP contribution is 2.15. The molecular weight excluding hydrogens is 394 g/mol. The number of piperazine rings is 1. The summed E-state index contributed by atoms with van der Waals surface area (Å²) in [7, 11) is 0. The molecule has 0 spiro atoms. The Morgan fingerprint density at radius 2 is 2.00 bits per heavy atom. The second-order valence-corrected chi connectivity index (χ2v) is 7.89. The van der Waals surface area contributed by atoms with Gasteiger partial charge in [-0.15, -0.1) is 0 Å². The van der Waals surface area contributed by atoms with Crippen LogP contribution in [0.25, 0.3) is 0 Å². The van der Waals surface area contributed by atoms with Crippen molar-refractivity contribution < 1.29 is 14.3 Å². The lowest BCUT2D eigenvalue weighted by Gasteiger charge is -2.36. The van der Waals surface area contributed by atoms with Gasteiger partial charge in [0.25, 0.3) is 0 Å². The third kappa shape index (κ3) is 8.03. The van der Waals surface area contributed by atoms with E-state index in [-0.39, 0.29) is 18.6 Å². The zero-order valence-electron chi connectivity index (χ0n) is 18.7. The van der Waals surface area contributed by atoms with Gasteiger partial charge in [-0.3, -0.25) is 4.79 Å². The summed E-state index contributed by atoms with van der Waals surface area (Å²) in [5, 5.41) is 6.49. The maximum absolute atomic E-state index is 12.6. The number of hydrogen-bond donors (Lipinski definition) is 2. The predicted molar refractivity (Wildman–Crippen MR) is 124 cm³/mol. The van der Waals surface area contributed by atoms with Crippen LogP contribution < -0.4 is 15.5 Å². The maximum Gasteiger partial charge on any atom is 0.244 e. The summed E-state index contributed by atoms with van der Waals surface area (Å²) in [5.41, 5.74) is 1.21. The lowest BCUT2D eigenvalue weighted by molar-refractivity contribution is -0.129. The van der Waals surface area contributed by atoms with Gasteiger partial charge in [-0.25, -0.2) is 4.99 Å². The first kappa shape index (κ1) is 23.3. The second kappa shape index (κ2) is 13.2. The fraction of sp³-hybridized carbons (Fsp3) is 0.652. The highest BCUT2D eigenvalue weighted by Gasteiger charge is 2.21. The number of nitrogens with zero attached hydrogens (tertiary/aromatic N) is 3. The van der Waals surface area contributed by atoms with Crippen molar-refractivity contribution in [3.05, 3.63) is 30.3 Å². The number of carbonyl (C=O) groups is 1. The van der Waals surface area contributed by atoms with E-state index in [0.29, 0.717) is 19.2 Å². The molecule has 2 fully saturated rings. The summed E-state index contributed by atoms with van der Waals surface area (Å²) in [6.45, 7) is 9.09. The van der Waals surface area contributed by atoms with E-state index in [2.05, 4.69) is 32.7 Å². The average molecular weight is 432 g/mol. The van der Waals surface area contributed by atoms with Gasteiger partial charge in [0, 0.05) is 58.2 Å². The Morgan fingerprint density at radius 3 is 2.71 bits per heavy atom. The van der Waals surface area contributed by atoms with E-state index < -0.39 is 0 Å². The standard InChI is InChI=1S/C23H37N5O3/c1-2-24-23(25-11-7-16-30-19-21-10-6-17-31-21)26-18-22(29)28-14-12-27(13-15-28)20-8-4-3-5-9-20/h3-5,8-9,21H,2,6-7,10-19H2,1H3,(H2,24,25,26). The van der Waals surface area contributed by atoms with E-state index in [1.54, 1.807) is 0 Å². The summed E-state index contributed by atoms with van der Waals surface area (Å²) >= 11 is 0. The molecule has 2 saturated heterocycles. The van der Waals surface area contributed by atoms with E-state index >= 15 is 0 Å². The molecule has 0 saturated carbocycles. The van der Waals surface area contributed by atoms with Crippen molar-refractivity contribution in [2.45, 2.75) is 32.3 Å². The molecule has 2 aliphatic heterocycles. The number of hydrogen-bond acceptors (Lipinski definition) is 5. The Balaban J connectivity index is 1.32. The number of carbonyl (C=O) groups excluding carboxylic acids is 1. The molecule has 31 heavy (non-hydrogen) atoms. The van der Waals surface area contributed by atoms with Crippen molar-refractivity contribution in [3.63, 3.8) is 0 Å². The van der Waals surface area contributed by atoms with E-state index in [0.717, 1.165) is 65.1 Å². The van der Waals surface area contributed by atoms with Gasteiger partial charge in [-0.05, 0) is 38.3 Å². The monoisotopic (exact) mass is 431 g/mol. The molecule has 2 heterocycles. The Morgan fingerprint density at radius 1 is 1.19 bits per heavy atom. The first-order chi connectivity index (χ1) is 15.3. The molecule has 172 valence electrons. The van der Waals surface area contributed by atoms with Crippen LogP contribution in [0.5, 0.6) is 0 Å². The van der Waals surface area contributed by atoms with Crippen molar-refractivity contribution in [1.82, 2.24) is 15.5 Å². The highest BCUT2D eigenvalue weighted by molar-refractivity contribution is 5.85. The van der Waals surface area contributed by atoms with Crippen molar-refractivity contribution in [1.29, 1.82) is 0 Å². The predicted octanol–water partition coefficient (Wildman–Crippen LogP) is 1.48. The van der Waals surface area contributed by atoms with E-state index in [9.17, 15) is 4.79 Å². The minimum atomic E-state index is 0.0739. The van der Waals surface area contributed by atoms with E-state index in [1.165, 1.54) is 5.69 Å². The third-order valence-electron chi connectivity index (χ3n) is 5.56. The lowest BCUT2D eigenvalue weighted by Crippen LogP contribution is -2.49. The van der Waals surface area contributed by atoms with Crippen molar-refractivity contribution in [2.75, 3.05) is 70.5 Å². The number of guanidine groups is 1. The smallest absolute Gasteiger partial charge is 0.244 e. The number of para-hydroxylation sites is 1. The van der Waals surface area contributed by atoms with Crippen molar-refractivity contribution in [2.24, 2.45) is 4.99 Å². The highest BCUT2D eigenvalue weighted by atomic mass is 16.5.